The third kappa shape index (κ3) is 8.76. The third-order valence-corrected chi connectivity index (χ3v) is 9.35. The molecule has 0 radical (unpaired) electrons. The number of halogens is 2. The van der Waals surface area contributed by atoms with Gasteiger partial charge in [-0.1, -0.05) is 89.9 Å². The van der Waals surface area contributed by atoms with Crippen LogP contribution in [0.1, 0.15) is 30.9 Å². The van der Waals surface area contributed by atoms with Crippen molar-refractivity contribution in [2.75, 3.05) is 17.4 Å². The van der Waals surface area contributed by atoms with Crippen molar-refractivity contribution in [3.63, 3.8) is 0 Å². The van der Waals surface area contributed by atoms with Gasteiger partial charge >= 0.3 is 0 Å². The largest absolute Gasteiger partial charge is 0.354 e. The van der Waals surface area contributed by atoms with E-state index >= 15 is 0 Å². The average molecular weight is 681 g/mol. The Hall–Kier alpha value is -4.02. The van der Waals surface area contributed by atoms with Crippen LogP contribution in [-0.2, 0) is 32.6 Å². The minimum absolute atomic E-state index is 0.0657. The van der Waals surface area contributed by atoms with E-state index in [-0.39, 0.29) is 29.5 Å². The molecule has 1 atom stereocenters. The molecule has 2 amide bonds. The smallest absolute Gasteiger partial charge is 0.264 e. The molecule has 0 unspecified atom stereocenters. The number of benzene rings is 4. The number of para-hydroxylation sites is 1. The molecular weight excluding hydrogens is 645 g/mol. The number of carbonyl (C=O) groups is 2. The summed E-state index contributed by atoms with van der Waals surface area (Å²) in [5.74, 6) is -1.46. The molecule has 4 aromatic rings. The Labute approximate surface area is 266 Å². The van der Waals surface area contributed by atoms with Crippen molar-refractivity contribution >= 4 is 43.5 Å². The van der Waals surface area contributed by atoms with Crippen molar-refractivity contribution in [2.45, 2.75) is 43.7 Å². The van der Waals surface area contributed by atoms with E-state index in [0.29, 0.717) is 6.54 Å². The van der Waals surface area contributed by atoms with Gasteiger partial charge in [0.2, 0.25) is 11.8 Å². The average Bonchev–Trinajstić information content (AvgIpc) is 3.02. The van der Waals surface area contributed by atoms with Gasteiger partial charge in [-0.05, 0) is 66.1 Å². The highest BCUT2D eigenvalue weighted by Crippen LogP contribution is 2.25. The highest BCUT2D eigenvalue weighted by atomic mass is 79.9. The van der Waals surface area contributed by atoms with Crippen molar-refractivity contribution in [3.8, 4) is 0 Å². The third-order valence-electron chi connectivity index (χ3n) is 7.07. The molecule has 0 aromatic heterocycles. The lowest BCUT2D eigenvalue weighted by atomic mass is 10.0. The SMILES string of the molecule is CCCCNC(=O)[C@H](Cc1ccccc1)N(Cc1cccc(Br)c1)C(=O)CN(c1ccccc1)S(=O)(=O)c1ccc(F)cc1. The number of rotatable bonds is 14. The van der Waals surface area contributed by atoms with E-state index in [1.54, 1.807) is 30.3 Å². The summed E-state index contributed by atoms with van der Waals surface area (Å²) in [5.41, 5.74) is 1.88. The van der Waals surface area contributed by atoms with Crippen molar-refractivity contribution in [1.29, 1.82) is 0 Å². The molecule has 0 heterocycles. The predicted molar refractivity (Wildman–Crippen MR) is 174 cm³/mol. The minimum Gasteiger partial charge on any atom is -0.354 e. The maximum absolute atomic E-state index is 14.4. The molecular formula is C34H35BrFN3O4S. The first-order valence-corrected chi connectivity index (χ1v) is 16.6. The van der Waals surface area contributed by atoms with Crippen LogP contribution in [0.15, 0.2) is 119 Å². The van der Waals surface area contributed by atoms with Gasteiger partial charge in [0, 0.05) is 24.0 Å². The van der Waals surface area contributed by atoms with Crippen LogP contribution in [0.2, 0.25) is 0 Å². The molecule has 0 spiro atoms. The molecule has 44 heavy (non-hydrogen) atoms. The van der Waals surface area contributed by atoms with Gasteiger partial charge in [-0.25, -0.2) is 12.8 Å². The lowest BCUT2D eigenvalue weighted by Gasteiger charge is -2.34. The Balaban J connectivity index is 1.77. The number of sulfonamides is 1. The zero-order chi connectivity index (χ0) is 31.5. The number of nitrogens with zero attached hydrogens (tertiary/aromatic N) is 2. The maximum Gasteiger partial charge on any atom is 0.264 e. The van der Waals surface area contributed by atoms with E-state index in [2.05, 4.69) is 21.2 Å². The second kappa shape index (κ2) is 15.6. The van der Waals surface area contributed by atoms with Crippen LogP contribution >= 0.6 is 15.9 Å². The fourth-order valence-corrected chi connectivity index (χ4v) is 6.61. The first kappa shape index (κ1) is 32.9. The molecule has 0 saturated carbocycles. The Kier molecular flexibility index (Phi) is 11.7. The summed E-state index contributed by atoms with van der Waals surface area (Å²) in [6.45, 7) is 1.96. The Morgan fingerprint density at radius 2 is 1.50 bits per heavy atom. The summed E-state index contributed by atoms with van der Waals surface area (Å²) in [7, 11) is -4.29. The van der Waals surface area contributed by atoms with Crippen molar-refractivity contribution in [2.24, 2.45) is 0 Å². The van der Waals surface area contributed by atoms with Gasteiger partial charge in [0.15, 0.2) is 0 Å². The molecule has 4 aromatic carbocycles. The molecule has 0 fully saturated rings. The van der Waals surface area contributed by atoms with Crippen LogP contribution in [0.5, 0.6) is 0 Å². The quantitative estimate of drug-likeness (QED) is 0.158. The Morgan fingerprint density at radius 3 is 2.14 bits per heavy atom. The van der Waals surface area contributed by atoms with Gasteiger partial charge in [0.1, 0.15) is 18.4 Å². The Morgan fingerprint density at radius 1 is 0.864 bits per heavy atom. The number of anilines is 1. The van der Waals surface area contributed by atoms with Crippen molar-refractivity contribution in [1.82, 2.24) is 10.2 Å². The second-order valence-electron chi connectivity index (χ2n) is 10.3. The minimum atomic E-state index is -4.29. The highest BCUT2D eigenvalue weighted by Gasteiger charge is 2.34. The summed E-state index contributed by atoms with van der Waals surface area (Å²) >= 11 is 3.48. The van der Waals surface area contributed by atoms with Gasteiger partial charge < -0.3 is 10.2 Å². The number of carbonyl (C=O) groups excluding carboxylic acids is 2. The molecule has 0 aliphatic rings. The Bertz CT molecular complexity index is 1640. The maximum atomic E-state index is 14.4. The fraction of sp³-hybridized carbons (Fsp3) is 0.235. The summed E-state index contributed by atoms with van der Waals surface area (Å²) in [4.78, 5) is 29.4. The first-order valence-electron chi connectivity index (χ1n) is 14.4. The molecule has 4 rings (SSSR count). The fourth-order valence-electron chi connectivity index (χ4n) is 4.75. The molecule has 7 nitrogen and oxygen atoms in total. The summed E-state index contributed by atoms with van der Waals surface area (Å²) in [6.07, 6.45) is 1.90. The van der Waals surface area contributed by atoms with Gasteiger partial charge in [-0.3, -0.25) is 13.9 Å². The molecule has 10 heteroatoms. The predicted octanol–water partition coefficient (Wildman–Crippen LogP) is 6.34. The van der Waals surface area contributed by atoms with E-state index in [0.717, 1.165) is 44.9 Å². The standard InChI is InChI=1S/C34H35BrFN3O4S/c1-2-3-21-37-34(41)32(23-26-11-6-4-7-12-26)38(24-27-13-10-14-28(35)22-27)33(40)25-39(30-15-8-5-9-16-30)44(42,43)31-19-17-29(36)18-20-31/h4-20,22,32H,2-3,21,23-25H2,1H3,(H,37,41)/t32-/m0/s1. The van der Waals surface area contributed by atoms with Crippen LogP contribution in [0.4, 0.5) is 10.1 Å². The number of amides is 2. The van der Waals surface area contributed by atoms with Crippen LogP contribution in [0, 0.1) is 5.82 Å². The van der Waals surface area contributed by atoms with E-state index in [1.807, 2.05) is 61.5 Å². The second-order valence-corrected chi connectivity index (χ2v) is 13.1. The number of hydrogen-bond donors (Lipinski definition) is 1. The highest BCUT2D eigenvalue weighted by molar-refractivity contribution is 9.10. The summed E-state index contributed by atoms with van der Waals surface area (Å²) < 4.78 is 43.3. The number of nitrogens with one attached hydrogen (secondary N) is 1. The molecule has 230 valence electrons. The molecule has 0 aliphatic carbocycles. The van der Waals surface area contributed by atoms with Gasteiger partial charge in [0.05, 0.1) is 10.6 Å². The summed E-state index contributed by atoms with van der Waals surface area (Å²) in [5, 5.41) is 2.97. The van der Waals surface area contributed by atoms with E-state index < -0.39 is 34.3 Å². The molecule has 0 bridgehead atoms. The van der Waals surface area contributed by atoms with Gasteiger partial charge in [-0.2, -0.15) is 0 Å². The first-order chi connectivity index (χ1) is 21.2. The van der Waals surface area contributed by atoms with E-state index in [1.165, 1.54) is 17.0 Å². The summed E-state index contributed by atoms with van der Waals surface area (Å²) in [6, 6.07) is 28.6. The normalized spacial score (nSPS) is 11.9. The van der Waals surface area contributed by atoms with Gasteiger partial charge in [-0.15, -0.1) is 0 Å². The van der Waals surface area contributed by atoms with Crippen molar-refractivity contribution < 1.29 is 22.4 Å². The lowest BCUT2D eigenvalue weighted by Crippen LogP contribution is -2.53. The van der Waals surface area contributed by atoms with Crippen LogP contribution < -0.4 is 9.62 Å². The van der Waals surface area contributed by atoms with Crippen LogP contribution in [0.3, 0.4) is 0 Å². The van der Waals surface area contributed by atoms with Gasteiger partial charge in [0.25, 0.3) is 10.0 Å². The lowest BCUT2D eigenvalue weighted by molar-refractivity contribution is -0.140. The topological polar surface area (TPSA) is 86.8 Å². The van der Waals surface area contributed by atoms with E-state index in [4.69, 9.17) is 0 Å². The van der Waals surface area contributed by atoms with E-state index in [9.17, 15) is 22.4 Å². The van der Waals surface area contributed by atoms with Crippen LogP contribution in [0.25, 0.3) is 0 Å². The molecule has 0 saturated heterocycles. The monoisotopic (exact) mass is 679 g/mol. The molecule has 0 aliphatic heterocycles. The number of hydrogen-bond acceptors (Lipinski definition) is 4. The van der Waals surface area contributed by atoms with Crippen molar-refractivity contribution in [3.05, 3.63) is 131 Å². The zero-order valence-corrected chi connectivity index (χ0v) is 26.8. The van der Waals surface area contributed by atoms with Crippen LogP contribution in [-0.4, -0.2) is 44.3 Å². The zero-order valence-electron chi connectivity index (χ0n) is 24.4. The number of unbranched alkanes of at least 4 members (excludes halogenated alkanes) is 1. The molecule has 1 N–H and O–H groups in total.